The summed E-state index contributed by atoms with van der Waals surface area (Å²) in [5.74, 6) is 0.429. The van der Waals surface area contributed by atoms with Crippen molar-refractivity contribution >= 4 is 29.2 Å². The van der Waals surface area contributed by atoms with Gasteiger partial charge in [-0.05, 0) is 6.42 Å². The molecule has 1 atom stereocenters. The van der Waals surface area contributed by atoms with Gasteiger partial charge in [-0.2, -0.15) is 0 Å². The molecule has 1 aliphatic rings. The maximum absolute atomic E-state index is 11.1. The molecule has 0 saturated carbocycles. The van der Waals surface area contributed by atoms with Gasteiger partial charge in [0, 0.05) is 13.1 Å². The highest BCUT2D eigenvalue weighted by Gasteiger charge is 2.26. The van der Waals surface area contributed by atoms with Crippen LogP contribution in [0.4, 0.5) is 16.3 Å². The number of nitro groups is 1. The van der Waals surface area contributed by atoms with Gasteiger partial charge in [0.1, 0.15) is 11.0 Å². The number of hydrogen-bond donors (Lipinski definition) is 1. The summed E-state index contributed by atoms with van der Waals surface area (Å²) in [5, 5.41) is 13.5. The second kappa shape index (κ2) is 5.91. The summed E-state index contributed by atoms with van der Waals surface area (Å²) in [4.78, 5) is 27.3. The molecule has 1 aliphatic heterocycles. The van der Waals surface area contributed by atoms with Gasteiger partial charge in [-0.15, -0.1) is 0 Å². The maximum Gasteiger partial charge on any atom is 0.407 e. The number of hydrogen-bond acceptors (Lipinski definition) is 6. The smallest absolute Gasteiger partial charge is 0.407 e. The Bertz CT molecular complexity index is 539. The van der Waals surface area contributed by atoms with Gasteiger partial charge < -0.3 is 15.0 Å². The van der Waals surface area contributed by atoms with Crippen molar-refractivity contribution in [1.29, 1.82) is 0 Å². The van der Waals surface area contributed by atoms with Crippen LogP contribution in [-0.2, 0) is 4.74 Å². The number of carbonyl (C=O) groups is 1. The molecule has 1 amide bonds. The molecule has 20 heavy (non-hydrogen) atoms. The Kier molecular flexibility index (Phi) is 4.23. The molecule has 1 aromatic rings. The lowest BCUT2D eigenvalue weighted by atomic mass is 10.3. The number of halogens is 1. The lowest BCUT2D eigenvalue weighted by Gasteiger charge is -2.17. The molecule has 2 heterocycles. The molecule has 1 unspecified atom stereocenters. The van der Waals surface area contributed by atoms with Crippen LogP contribution >= 0.6 is 11.6 Å². The van der Waals surface area contributed by atoms with Crippen molar-refractivity contribution in [1.82, 2.24) is 10.3 Å². The van der Waals surface area contributed by atoms with Gasteiger partial charge in [0.25, 0.3) is 5.69 Å². The number of nitrogens with one attached hydrogen (secondary N) is 1. The fourth-order valence-electron chi connectivity index (χ4n) is 2.05. The number of pyridine rings is 1. The van der Waals surface area contributed by atoms with Crippen LogP contribution in [0.1, 0.15) is 6.42 Å². The summed E-state index contributed by atoms with van der Waals surface area (Å²) in [5.41, 5.74) is -0.107. The van der Waals surface area contributed by atoms with Gasteiger partial charge in [-0.25, -0.2) is 9.78 Å². The van der Waals surface area contributed by atoms with Crippen LogP contribution < -0.4 is 10.2 Å². The molecule has 0 bridgehead atoms. The van der Waals surface area contributed by atoms with Crippen molar-refractivity contribution in [3.63, 3.8) is 0 Å². The number of rotatable bonds is 3. The molecule has 108 valence electrons. The number of amides is 1. The average molecular weight is 301 g/mol. The zero-order valence-corrected chi connectivity index (χ0v) is 11.5. The molecule has 8 nitrogen and oxygen atoms in total. The molecule has 1 aromatic heterocycles. The molecule has 1 N–H and O–H groups in total. The summed E-state index contributed by atoms with van der Waals surface area (Å²) in [6, 6.07) is 2.49. The SMILES string of the molecule is COC(=O)NC1CCN(c2cc([N+](=O)[O-])cc(Cl)n2)C1. The van der Waals surface area contributed by atoms with Gasteiger partial charge in [0.2, 0.25) is 0 Å². The fourth-order valence-corrected chi connectivity index (χ4v) is 2.25. The van der Waals surface area contributed by atoms with E-state index >= 15 is 0 Å². The van der Waals surface area contributed by atoms with Gasteiger partial charge in [-0.3, -0.25) is 10.1 Å². The molecule has 2 rings (SSSR count). The van der Waals surface area contributed by atoms with E-state index < -0.39 is 11.0 Å². The van der Waals surface area contributed by atoms with E-state index in [4.69, 9.17) is 11.6 Å². The molecule has 1 saturated heterocycles. The van der Waals surface area contributed by atoms with Crippen LogP contribution in [-0.4, -0.2) is 42.2 Å². The molecule has 0 spiro atoms. The lowest BCUT2D eigenvalue weighted by molar-refractivity contribution is -0.384. The Morgan fingerprint density at radius 3 is 3.05 bits per heavy atom. The molecule has 0 aromatic carbocycles. The van der Waals surface area contributed by atoms with E-state index in [1.165, 1.54) is 19.2 Å². The lowest BCUT2D eigenvalue weighted by Crippen LogP contribution is -2.37. The number of anilines is 1. The highest BCUT2D eigenvalue weighted by molar-refractivity contribution is 6.29. The third-order valence-corrected chi connectivity index (χ3v) is 3.19. The number of nitrogens with zero attached hydrogens (tertiary/aromatic N) is 3. The topological polar surface area (TPSA) is 97.6 Å². The van der Waals surface area contributed by atoms with E-state index in [-0.39, 0.29) is 16.9 Å². The van der Waals surface area contributed by atoms with Crippen LogP contribution in [0, 0.1) is 10.1 Å². The third-order valence-electron chi connectivity index (χ3n) is 3.00. The van der Waals surface area contributed by atoms with E-state index in [0.717, 1.165) is 0 Å². The molecule has 0 aliphatic carbocycles. The van der Waals surface area contributed by atoms with Crippen LogP contribution in [0.5, 0.6) is 0 Å². The first kappa shape index (κ1) is 14.3. The number of ether oxygens (including phenoxy) is 1. The van der Waals surface area contributed by atoms with Crippen molar-refractivity contribution in [2.75, 3.05) is 25.1 Å². The summed E-state index contributed by atoms with van der Waals surface area (Å²) in [6.45, 7) is 1.12. The molecule has 0 radical (unpaired) electrons. The molecular weight excluding hydrogens is 288 g/mol. The summed E-state index contributed by atoms with van der Waals surface area (Å²) >= 11 is 5.78. The van der Waals surface area contributed by atoms with Gasteiger partial charge >= 0.3 is 6.09 Å². The fraction of sp³-hybridized carbons (Fsp3) is 0.455. The number of alkyl carbamates (subject to hydrolysis) is 1. The average Bonchev–Trinajstić information content (AvgIpc) is 2.86. The third kappa shape index (κ3) is 3.27. The first-order valence-corrected chi connectivity index (χ1v) is 6.29. The second-order valence-electron chi connectivity index (χ2n) is 4.33. The summed E-state index contributed by atoms with van der Waals surface area (Å²) in [7, 11) is 1.30. The monoisotopic (exact) mass is 300 g/mol. The minimum Gasteiger partial charge on any atom is -0.453 e. The zero-order valence-electron chi connectivity index (χ0n) is 10.7. The highest BCUT2D eigenvalue weighted by Crippen LogP contribution is 2.25. The van der Waals surface area contributed by atoms with Gasteiger partial charge in [-0.1, -0.05) is 11.6 Å². The second-order valence-corrected chi connectivity index (χ2v) is 4.72. The van der Waals surface area contributed by atoms with E-state index in [1.54, 1.807) is 0 Å². The minimum atomic E-state index is -0.517. The maximum atomic E-state index is 11.1. The number of aromatic nitrogens is 1. The summed E-state index contributed by atoms with van der Waals surface area (Å²) < 4.78 is 4.53. The number of methoxy groups -OCH3 is 1. The van der Waals surface area contributed by atoms with Crippen molar-refractivity contribution in [2.24, 2.45) is 0 Å². The molecule has 9 heteroatoms. The molecule has 1 fully saturated rings. The van der Waals surface area contributed by atoms with Crippen LogP contribution in [0.3, 0.4) is 0 Å². The first-order chi connectivity index (χ1) is 9.49. The van der Waals surface area contributed by atoms with E-state index in [9.17, 15) is 14.9 Å². The van der Waals surface area contributed by atoms with Crippen molar-refractivity contribution in [3.05, 3.63) is 27.4 Å². The quantitative estimate of drug-likeness (QED) is 0.517. The predicted octanol–water partition coefficient (Wildman–Crippen LogP) is 1.58. The van der Waals surface area contributed by atoms with Crippen molar-refractivity contribution < 1.29 is 14.5 Å². The van der Waals surface area contributed by atoms with Crippen molar-refractivity contribution in [3.8, 4) is 0 Å². The predicted molar refractivity (Wildman–Crippen MR) is 72.1 cm³/mol. The van der Waals surface area contributed by atoms with Gasteiger partial charge in [0.15, 0.2) is 0 Å². The summed E-state index contributed by atoms with van der Waals surface area (Å²) in [6.07, 6.45) is 0.207. The highest BCUT2D eigenvalue weighted by atomic mass is 35.5. The van der Waals surface area contributed by atoms with Crippen molar-refractivity contribution in [2.45, 2.75) is 12.5 Å². The largest absolute Gasteiger partial charge is 0.453 e. The molecular formula is C11H13ClN4O4. The Balaban J connectivity index is 2.10. The van der Waals surface area contributed by atoms with Gasteiger partial charge in [0.05, 0.1) is 30.2 Å². The normalized spacial score (nSPS) is 17.9. The minimum absolute atomic E-state index is 0.0681. The van der Waals surface area contributed by atoms with E-state index in [0.29, 0.717) is 25.3 Å². The Hall–Kier alpha value is -2.09. The van der Waals surface area contributed by atoms with Crippen LogP contribution in [0.25, 0.3) is 0 Å². The van der Waals surface area contributed by atoms with E-state index in [1.807, 2.05) is 4.90 Å². The standard InChI is InChI=1S/C11H13ClN4O4/c1-20-11(17)13-7-2-3-15(6-7)10-5-8(16(18)19)4-9(12)14-10/h4-5,7H,2-3,6H2,1H3,(H,13,17). The Morgan fingerprint density at radius 1 is 1.65 bits per heavy atom. The van der Waals surface area contributed by atoms with Crippen LogP contribution in [0.2, 0.25) is 5.15 Å². The Morgan fingerprint density at radius 2 is 2.40 bits per heavy atom. The van der Waals surface area contributed by atoms with E-state index in [2.05, 4.69) is 15.0 Å². The Labute approximate surface area is 119 Å². The number of carbonyl (C=O) groups excluding carboxylic acids is 1. The van der Waals surface area contributed by atoms with Crippen LogP contribution in [0.15, 0.2) is 12.1 Å². The zero-order chi connectivity index (χ0) is 14.7. The first-order valence-electron chi connectivity index (χ1n) is 5.91.